The van der Waals surface area contributed by atoms with E-state index in [1.54, 1.807) is 0 Å². The van der Waals surface area contributed by atoms with Crippen molar-refractivity contribution in [2.75, 3.05) is 0 Å². The van der Waals surface area contributed by atoms with Crippen LogP contribution < -0.4 is 9.55 Å². The second-order valence-corrected chi connectivity index (χ2v) is 20.4. The maximum Gasteiger partial charge on any atom is 0.505 e. The van der Waals surface area contributed by atoms with Crippen LogP contribution in [0.3, 0.4) is 0 Å². The van der Waals surface area contributed by atoms with Crippen molar-refractivity contribution >= 4 is 69.5 Å². The van der Waals surface area contributed by atoms with Gasteiger partial charge in [0.15, 0.2) is 0 Å². The molecule has 5 heterocycles. The van der Waals surface area contributed by atoms with Gasteiger partial charge in [-0.15, -0.1) is 45.3 Å². The Morgan fingerprint density at radius 1 is 0.680 bits per heavy atom. The molecule has 0 unspecified atom stereocenters. The van der Waals surface area contributed by atoms with E-state index in [-0.39, 0.29) is 18.3 Å². The summed E-state index contributed by atoms with van der Waals surface area (Å²) in [7, 11) is 0.165. The molecule has 4 nitrogen and oxygen atoms in total. The zero-order chi connectivity index (χ0) is 36.3. The minimum atomic E-state index is -0.924. The Bertz CT molecular complexity index is 1670. The number of aliphatic hydroxyl groups is 1. The van der Waals surface area contributed by atoms with Crippen LogP contribution in [0.4, 0.5) is 0 Å². The van der Waals surface area contributed by atoms with E-state index in [1.165, 1.54) is 96.5 Å². The van der Waals surface area contributed by atoms with Crippen LogP contribution in [-0.4, -0.2) is 42.1 Å². The molecule has 0 aliphatic carbocycles. The topological polar surface area (TPSA) is 47.9 Å². The summed E-state index contributed by atoms with van der Waals surface area (Å²) in [5.41, 5.74) is 0.713. The summed E-state index contributed by atoms with van der Waals surface area (Å²) >= 11 is 7.55. The monoisotopic (exact) mass is 752 g/mol. The van der Waals surface area contributed by atoms with Gasteiger partial charge >= 0.3 is 14.6 Å². The summed E-state index contributed by atoms with van der Waals surface area (Å²) in [6.07, 6.45) is 12.3. The molecule has 10 heteroatoms. The maximum atomic E-state index is 10.6. The molecule has 0 atom stereocenters. The fourth-order valence-corrected chi connectivity index (χ4v) is 10.6. The summed E-state index contributed by atoms with van der Waals surface area (Å²) in [4.78, 5) is 8.18. The van der Waals surface area contributed by atoms with E-state index >= 15 is 0 Å². The SMILES string of the molecule is CCCCCCc1cc(-c2ccc(BOC(C)(C)C(C)(C)O)s2)sc1-c1sc(-c2ccc(B3OC(C)(C)C(C)(C)O3)s2)cc1CCCCCC. The lowest BCUT2D eigenvalue weighted by molar-refractivity contribution is -0.0892. The summed E-state index contributed by atoms with van der Waals surface area (Å²) in [6, 6.07) is 13.9. The Hall–Kier alpha value is -1.23. The first-order chi connectivity index (χ1) is 23.5. The van der Waals surface area contributed by atoms with Crippen LogP contribution in [0.15, 0.2) is 36.4 Å². The molecule has 1 N–H and O–H groups in total. The zero-order valence-corrected chi connectivity index (χ0v) is 35.4. The summed E-state index contributed by atoms with van der Waals surface area (Å²) in [5.74, 6) is 0. The highest BCUT2D eigenvalue weighted by atomic mass is 32.1. The minimum absolute atomic E-state index is 0.330. The Morgan fingerprint density at radius 3 is 1.68 bits per heavy atom. The highest BCUT2D eigenvalue weighted by molar-refractivity contribution is 7.31. The van der Waals surface area contributed by atoms with E-state index in [2.05, 4.69) is 77.9 Å². The van der Waals surface area contributed by atoms with Crippen LogP contribution in [0.1, 0.15) is 132 Å². The number of rotatable bonds is 18. The van der Waals surface area contributed by atoms with Gasteiger partial charge < -0.3 is 19.1 Å². The van der Waals surface area contributed by atoms with Crippen molar-refractivity contribution in [1.82, 2.24) is 0 Å². The van der Waals surface area contributed by atoms with Crippen molar-refractivity contribution in [3.05, 3.63) is 47.5 Å². The highest BCUT2D eigenvalue weighted by Gasteiger charge is 2.52. The van der Waals surface area contributed by atoms with Gasteiger partial charge in [0, 0.05) is 38.8 Å². The van der Waals surface area contributed by atoms with E-state index in [0.29, 0.717) is 7.48 Å². The van der Waals surface area contributed by atoms with Crippen molar-refractivity contribution in [1.29, 1.82) is 0 Å². The van der Waals surface area contributed by atoms with Crippen LogP contribution in [-0.2, 0) is 26.8 Å². The first-order valence-corrected chi connectivity index (χ1v) is 22.0. The minimum Gasteiger partial charge on any atom is -0.426 e. The van der Waals surface area contributed by atoms with E-state index in [1.807, 2.05) is 73.0 Å². The number of hydrogen-bond acceptors (Lipinski definition) is 8. The van der Waals surface area contributed by atoms with Crippen LogP contribution in [0.2, 0.25) is 0 Å². The molecule has 0 saturated carbocycles. The van der Waals surface area contributed by atoms with Gasteiger partial charge in [-0.1, -0.05) is 64.5 Å². The molecule has 0 bridgehead atoms. The van der Waals surface area contributed by atoms with Crippen molar-refractivity contribution in [2.24, 2.45) is 0 Å². The van der Waals surface area contributed by atoms with Crippen LogP contribution in [0, 0.1) is 0 Å². The standard InChI is InChI=1S/C40H58B2O4S4/c1-11-13-15-17-19-27-25-31(29-21-23-33(47-29)41-44-38(5,6)37(3,4)43)49-35(27)36-28(20-18-16-14-12-2)26-32(50-36)30-22-24-34(48-30)42-45-39(7,8)40(9,10)46-42/h21-26,41,43H,11-20H2,1-10H3. The Labute approximate surface area is 319 Å². The fourth-order valence-electron chi connectivity index (χ4n) is 5.93. The lowest BCUT2D eigenvalue weighted by atomic mass is 9.86. The molecular weight excluding hydrogens is 694 g/mol. The van der Waals surface area contributed by atoms with Crippen molar-refractivity contribution in [3.8, 4) is 29.3 Å². The van der Waals surface area contributed by atoms with Gasteiger partial charge in [-0.2, -0.15) is 0 Å². The summed E-state index contributed by atoms with van der Waals surface area (Å²) in [6.45, 7) is 20.6. The molecule has 4 aromatic heterocycles. The van der Waals surface area contributed by atoms with Crippen LogP contribution in [0.25, 0.3) is 29.3 Å². The quantitative estimate of drug-likeness (QED) is 0.0812. The van der Waals surface area contributed by atoms with Gasteiger partial charge in [0.25, 0.3) is 0 Å². The Balaban J connectivity index is 1.47. The summed E-state index contributed by atoms with van der Waals surface area (Å²) in [5, 5.41) is 10.6. The lowest BCUT2D eigenvalue weighted by Crippen LogP contribution is -2.49. The van der Waals surface area contributed by atoms with Gasteiger partial charge in [0.1, 0.15) is 0 Å². The molecule has 1 saturated heterocycles. The molecule has 0 aromatic carbocycles. The van der Waals surface area contributed by atoms with Gasteiger partial charge in [-0.25, -0.2) is 0 Å². The zero-order valence-electron chi connectivity index (χ0n) is 32.1. The normalized spacial score (nSPS) is 16.1. The van der Waals surface area contributed by atoms with Gasteiger partial charge in [-0.05, 0) is 116 Å². The van der Waals surface area contributed by atoms with E-state index in [0.717, 1.165) is 17.6 Å². The molecule has 272 valence electrons. The van der Waals surface area contributed by atoms with Gasteiger partial charge in [-0.3, -0.25) is 0 Å². The van der Waals surface area contributed by atoms with Gasteiger partial charge in [0.2, 0.25) is 0 Å². The van der Waals surface area contributed by atoms with Crippen molar-refractivity contribution < 1.29 is 19.1 Å². The molecule has 1 aliphatic heterocycles. The van der Waals surface area contributed by atoms with E-state index in [9.17, 15) is 5.11 Å². The molecule has 1 aliphatic rings. The largest absolute Gasteiger partial charge is 0.505 e. The summed E-state index contributed by atoms with van der Waals surface area (Å²) < 4.78 is 21.4. The van der Waals surface area contributed by atoms with Crippen molar-refractivity contribution in [3.63, 3.8) is 0 Å². The molecule has 0 radical (unpaired) electrons. The third kappa shape index (κ3) is 9.28. The van der Waals surface area contributed by atoms with Crippen LogP contribution >= 0.6 is 45.3 Å². The lowest BCUT2D eigenvalue weighted by Gasteiger charge is -2.37. The fraction of sp³-hybridized carbons (Fsp3) is 0.600. The molecular formula is C40H58B2O4S4. The first-order valence-electron chi connectivity index (χ1n) is 18.7. The van der Waals surface area contributed by atoms with Gasteiger partial charge in [0.05, 0.1) is 22.4 Å². The molecule has 4 aromatic rings. The number of thiophene rings is 4. The second-order valence-electron chi connectivity index (χ2n) is 16.0. The molecule has 1 fully saturated rings. The number of aryl methyl sites for hydroxylation is 2. The third-order valence-electron chi connectivity index (χ3n) is 10.7. The molecule has 50 heavy (non-hydrogen) atoms. The highest BCUT2D eigenvalue weighted by Crippen LogP contribution is 2.48. The Kier molecular flexibility index (Phi) is 13.1. The predicted molar refractivity (Wildman–Crippen MR) is 224 cm³/mol. The molecule has 0 amide bonds. The van der Waals surface area contributed by atoms with E-state index < -0.39 is 11.2 Å². The maximum absolute atomic E-state index is 10.6. The average molecular weight is 753 g/mol. The number of hydrogen-bond donors (Lipinski definition) is 1. The smallest absolute Gasteiger partial charge is 0.426 e. The second kappa shape index (κ2) is 16.4. The number of unbranched alkanes of at least 4 members (excludes halogenated alkanes) is 6. The predicted octanol–water partition coefficient (Wildman–Crippen LogP) is 11.0. The molecule has 0 spiro atoms. The molecule has 5 rings (SSSR count). The third-order valence-corrected chi connectivity index (χ3v) is 15.8. The first kappa shape index (κ1) is 40.0. The van der Waals surface area contributed by atoms with E-state index in [4.69, 9.17) is 14.0 Å². The van der Waals surface area contributed by atoms with Crippen molar-refractivity contribution in [2.45, 2.75) is 156 Å². The average Bonchev–Trinajstić information content (AvgIpc) is 3.86. The van der Waals surface area contributed by atoms with Crippen LogP contribution in [0.5, 0.6) is 0 Å². The Morgan fingerprint density at radius 2 is 1.18 bits per heavy atom.